The monoisotopic (exact) mass is 314 g/mol. The van der Waals surface area contributed by atoms with Gasteiger partial charge in [-0.25, -0.2) is 8.78 Å². The SMILES string of the molecule is FC(F)CN1CCC(Cn2ccc3cc(Cl)nnc32)CC1. The van der Waals surface area contributed by atoms with Crippen LogP contribution in [-0.2, 0) is 6.54 Å². The van der Waals surface area contributed by atoms with Gasteiger partial charge in [0.15, 0.2) is 10.8 Å². The highest BCUT2D eigenvalue weighted by Crippen LogP contribution is 2.23. The number of rotatable bonds is 4. The van der Waals surface area contributed by atoms with Crippen molar-refractivity contribution in [1.82, 2.24) is 19.7 Å². The van der Waals surface area contributed by atoms with E-state index in [1.165, 1.54) is 0 Å². The second-order valence-corrected chi connectivity index (χ2v) is 5.94. The molecule has 0 aliphatic carbocycles. The molecular formula is C14H17ClF2N4. The minimum Gasteiger partial charge on any atom is -0.331 e. The fourth-order valence-electron chi connectivity index (χ4n) is 2.93. The highest BCUT2D eigenvalue weighted by atomic mass is 35.5. The Morgan fingerprint density at radius 1 is 1.29 bits per heavy atom. The first-order valence-corrected chi connectivity index (χ1v) is 7.48. The van der Waals surface area contributed by atoms with E-state index in [4.69, 9.17) is 11.6 Å². The molecule has 0 atom stereocenters. The van der Waals surface area contributed by atoms with E-state index in [-0.39, 0.29) is 6.54 Å². The van der Waals surface area contributed by atoms with E-state index in [2.05, 4.69) is 14.8 Å². The number of halogens is 3. The fourth-order valence-corrected chi connectivity index (χ4v) is 3.09. The summed E-state index contributed by atoms with van der Waals surface area (Å²) in [6.07, 6.45) is 1.62. The standard InChI is InChI=1S/C14H17ClF2N4/c15-12-7-11-3-6-21(14(11)19-18-12)8-10-1-4-20(5-2-10)9-13(16)17/h3,6-7,10,13H,1-2,4-5,8-9H2. The summed E-state index contributed by atoms with van der Waals surface area (Å²) in [5, 5.41) is 9.38. The first-order chi connectivity index (χ1) is 10.1. The second-order valence-electron chi connectivity index (χ2n) is 5.55. The van der Waals surface area contributed by atoms with Crippen LogP contribution in [0.15, 0.2) is 18.3 Å². The van der Waals surface area contributed by atoms with Crippen LogP contribution in [0.25, 0.3) is 11.0 Å². The predicted molar refractivity (Wildman–Crippen MR) is 77.7 cm³/mol. The zero-order valence-electron chi connectivity index (χ0n) is 11.6. The van der Waals surface area contributed by atoms with Crippen LogP contribution in [0.1, 0.15) is 12.8 Å². The van der Waals surface area contributed by atoms with Gasteiger partial charge in [-0.2, -0.15) is 0 Å². The molecule has 7 heteroatoms. The van der Waals surface area contributed by atoms with Crippen molar-refractivity contribution in [3.8, 4) is 0 Å². The normalized spacial score (nSPS) is 17.9. The van der Waals surface area contributed by atoms with Crippen LogP contribution in [0.5, 0.6) is 0 Å². The maximum absolute atomic E-state index is 12.4. The van der Waals surface area contributed by atoms with Crippen molar-refractivity contribution in [2.24, 2.45) is 5.92 Å². The summed E-state index contributed by atoms with van der Waals surface area (Å²) in [7, 11) is 0. The van der Waals surface area contributed by atoms with Crippen LogP contribution in [0.2, 0.25) is 5.15 Å². The van der Waals surface area contributed by atoms with Gasteiger partial charge in [-0.3, -0.25) is 4.90 Å². The lowest BCUT2D eigenvalue weighted by molar-refractivity contribution is 0.0672. The Labute approximate surface area is 126 Å². The van der Waals surface area contributed by atoms with Crippen molar-refractivity contribution in [3.63, 3.8) is 0 Å². The molecule has 1 aliphatic heterocycles. The maximum Gasteiger partial charge on any atom is 0.251 e. The van der Waals surface area contributed by atoms with Crippen LogP contribution in [0, 0.1) is 5.92 Å². The number of alkyl halides is 2. The largest absolute Gasteiger partial charge is 0.331 e. The van der Waals surface area contributed by atoms with E-state index < -0.39 is 6.43 Å². The van der Waals surface area contributed by atoms with Crippen molar-refractivity contribution in [2.75, 3.05) is 19.6 Å². The first kappa shape index (κ1) is 14.7. The molecule has 114 valence electrons. The van der Waals surface area contributed by atoms with Gasteiger partial charge in [0, 0.05) is 18.1 Å². The van der Waals surface area contributed by atoms with Crippen LogP contribution in [0.4, 0.5) is 8.78 Å². The summed E-state index contributed by atoms with van der Waals surface area (Å²) in [5.74, 6) is 0.493. The van der Waals surface area contributed by atoms with Crippen molar-refractivity contribution in [3.05, 3.63) is 23.5 Å². The molecule has 1 aliphatic rings. The third-order valence-corrected chi connectivity index (χ3v) is 4.22. The smallest absolute Gasteiger partial charge is 0.251 e. The Morgan fingerprint density at radius 2 is 2.05 bits per heavy atom. The molecule has 0 N–H and O–H groups in total. The van der Waals surface area contributed by atoms with E-state index in [0.717, 1.165) is 43.5 Å². The average Bonchev–Trinajstić information content (AvgIpc) is 2.83. The minimum absolute atomic E-state index is 0.108. The number of nitrogens with zero attached hydrogens (tertiary/aromatic N) is 4. The summed E-state index contributed by atoms with van der Waals surface area (Å²) in [5.41, 5.74) is 0.828. The van der Waals surface area contributed by atoms with Gasteiger partial charge >= 0.3 is 0 Å². The van der Waals surface area contributed by atoms with Gasteiger partial charge in [0.2, 0.25) is 0 Å². The zero-order valence-corrected chi connectivity index (χ0v) is 12.3. The lowest BCUT2D eigenvalue weighted by atomic mass is 9.97. The summed E-state index contributed by atoms with van der Waals surface area (Å²) in [6, 6.07) is 3.77. The Hall–Kier alpha value is -1.27. The molecule has 2 aromatic heterocycles. The summed E-state index contributed by atoms with van der Waals surface area (Å²) < 4.78 is 26.8. The number of piperidine rings is 1. The second kappa shape index (κ2) is 6.23. The molecular weight excluding hydrogens is 298 g/mol. The van der Waals surface area contributed by atoms with E-state index in [1.807, 2.05) is 17.2 Å². The third-order valence-electron chi connectivity index (χ3n) is 4.04. The maximum atomic E-state index is 12.4. The van der Waals surface area contributed by atoms with Crippen LogP contribution in [0.3, 0.4) is 0 Å². The van der Waals surface area contributed by atoms with Crippen LogP contribution >= 0.6 is 11.6 Å². The van der Waals surface area contributed by atoms with Gasteiger partial charge in [-0.1, -0.05) is 11.6 Å². The number of hydrogen-bond donors (Lipinski definition) is 0. The quantitative estimate of drug-likeness (QED) is 0.870. The molecule has 3 rings (SSSR count). The highest BCUT2D eigenvalue weighted by molar-refractivity contribution is 6.29. The number of aromatic nitrogens is 3. The van der Waals surface area contributed by atoms with Crippen molar-refractivity contribution >= 4 is 22.6 Å². The van der Waals surface area contributed by atoms with E-state index in [1.54, 1.807) is 6.07 Å². The Kier molecular flexibility index (Phi) is 4.35. The molecule has 0 aromatic carbocycles. The van der Waals surface area contributed by atoms with Gasteiger partial charge in [-0.05, 0) is 44.0 Å². The molecule has 0 bridgehead atoms. The molecule has 2 aromatic rings. The van der Waals surface area contributed by atoms with Crippen LogP contribution < -0.4 is 0 Å². The lowest BCUT2D eigenvalue weighted by Gasteiger charge is -2.31. The average molecular weight is 315 g/mol. The summed E-state index contributed by atoms with van der Waals surface area (Å²) in [4.78, 5) is 1.84. The van der Waals surface area contributed by atoms with Crippen molar-refractivity contribution in [1.29, 1.82) is 0 Å². The van der Waals surface area contributed by atoms with Gasteiger partial charge in [0.25, 0.3) is 6.43 Å². The molecule has 4 nitrogen and oxygen atoms in total. The number of hydrogen-bond acceptors (Lipinski definition) is 3. The topological polar surface area (TPSA) is 34.0 Å². The van der Waals surface area contributed by atoms with Gasteiger partial charge in [0.05, 0.1) is 6.54 Å². The molecule has 0 unspecified atom stereocenters. The van der Waals surface area contributed by atoms with Gasteiger partial charge in [0.1, 0.15) is 0 Å². The minimum atomic E-state index is -2.24. The Bertz CT molecular complexity index is 608. The van der Waals surface area contributed by atoms with Gasteiger partial charge in [-0.15, -0.1) is 10.2 Å². The fraction of sp³-hybridized carbons (Fsp3) is 0.571. The molecule has 0 amide bonds. The molecule has 1 fully saturated rings. The zero-order chi connectivity index (χ0) is 14.8. The molecule has 21 heavy (non-hydrogen) atoms. The van der Waals surface area contributed by atoms with Crippen LogP contribution in [-0.4, -0.2) is 45.7 Å². The van der Waals surface area contributed by atoms with E-state index in [0.29, 0.717) is 11.1 Å². The Balaban J connectivity index is 1.62. The van der Waals surface area contributed by atoms with E-state index >= 15 is 0 Å². The number of fused-ring (bicyclic) bond motifs is 1. The van der Waals surface area contributed by atoms with Crippen molar-refractivity contribution < 1.29 is 8.78 Å². The van der Waals surface area contributed by atoms with Crippen molar-refractivity contribution in [2.45, 2.75) is 25.8 Å². The summed E-state index contributed by atoms with van der Waals surface area (Å²) in [6.45, 7) is 2.23. The highest BCUT2D eigenvalue weighted by Gasteiger charge is 2.22. The number of likely N-dealkylation sites (tertiary alicyclic amines) is 1. The Morgan fingerprint density at radius 3 is 2.76 bits per heavy atom. The lowest BCUT2D eigenvalue weighted by Crippen LogP contribution is -2.37. The third kappa shape index (κ3) is 3.49. The first-order valence-electron chi connectivity index (χ1n) is 7.10. The predicted octanol–water partition coefficient (Wildman–Crippen LogP) is 3.06. The molecule has 1 saturated heterocycles. The summed E-state index contributed by atoms with van der Waals surface area (Å²) >= 11 is 5.83. The van der Waals surface area contributed by atoms with Gasteiger partial charge < -0.3 is 4.57 Å². The molecule has 0 saturated carbocycles. The molecule has 0 spiro atoms. The molecule has 0 radical (unpaired) electrons. The van der Waals surface area contributed by atoms with E-state index in [9.17, 15) is 8.78 Å². The molecule has 3 heterocycles.